The number of piperidine rings is 2. The monoisotopic (exact) mass is 332 g/mol. The molecule has 0 radical (unpaired) electrons. The summed E-state index contributed by atoms with van der Waals surface area (Å²) in [6.45, 7) is 12.2. The molecule has 24 heavy (non-hydrogen) atoms. The van der Waals surface area contributed by atoms with Crippen LogP contribution in [0.15, 0.2) is 24.3 Å². The summed E-state index contributed by atoms with van der Waals surface area (Å²) >= 11 is 0. The van der Waals surface area contributed by atoms with Gasteiger partial charge in [-0.3, -0.25) is 14.6 Å². The highest BCUT2D eigenvalue weighted by Crippen LogP contribution is 2.45. The number of rotatable bonds is 3. The molecule has 4 fully saturated rings. The maximum atomic E-state index is 14.5. The number of quaternary nitrogens is 2. The molecular formula is C20H29FN2O+2. The van der Waals surface area contributed by atoms with Gasteiger partial charge in [0, 0.05) is 0 Å². The van der Waals surface area contributed by atoms with Crippen molar-refractivity contribution in [2.45, 2.75) is 33.9 Å². The summed E-state index contributed by atoms with van der Waals surface area (Å²) in [5.74, 6) is 1.09. The number of hydrogen-bond acceptors (Lipinski definition) is 1. The Kier molecular flexibility index (Phi) is 3.46. The van der Waals surface area contributed by atoms with Crippen LogP contribution in [0, 0.1) is 28.5 Å². The highest BCUT2D eigenvalue weighted by Gasteiger charge is 2.73. The second-order valence-electron chi connectivity index (χ2n) is 8.93. The van der Waals surface area contributed by atoms with E-state index < -0.39 is 0 Å². The van der Waals surface area contributed by atoms with Crippen LogP contribution in [0.1, 0.15) is 39.4 Å². The van der Waals surface area contributed by atoms with Gasteiger partial charge in [0.15, 0.2) is 5.78 Å². The lowest BCUT2D eigenvalue weighted by molar-refractivity contribution is -1.18. The van der Waals surface area contributed by atoms with Crippen LogP contribution in [-0.4, -0.2) is 32.0 Å². The van der Waals surface area contributed by atoms with Gasteiger partial charge in [-0.05, 0) is 24.0 Å². The Morgan fingerprint density at radius 1 is 0.958 bits per heavy atom. The van der Waals surface area contributed by atoms with Crippen molar-refractivity contribution in [2.24, 2.45) is 22.7 Å². The highest BCUT2D eigenvalue weighted by molar-refractivity contribution is 5.92. The van der Waals surface area contributed by atoms with Crippen molar-refractivity contribution < 1.29 is 19.0 Å². The molecule has 4 aliphatic heterocycles. The summed E-state index contributed by atoms with van der Waals surface area (Å²) in [4.78, 5) is 16.3. The van der Waals surface area contributed by atoms with E-state index in [2.05, 4.69) is 27.7 Å². The first-order chi connectivity index (χ1) is 11.3. The first-order valence-electron chi connectivity index (χ1n) is 9.30. The second kappa shape index (κ2) is 5.12. The topological polar surface area (TPSA) is 26.0 Å². The molecular weight excluding hydrogens is 303 g/mol. The number of hydrogen-bond donors (Lipinski definition) is 2. The molecule has 0 atom stereocenters. The van der Waals surface area contributed by atoms with Crippen LogP contribution in [0.5, 0.6) is 0 Å². The number of ketones is 1. The standard InChI is InChI=1S/C20H27FN2O/c1-13(2)19-9-22-11-20(14(3)4,18(19)24)12-23(10-19)17(22)15-7-5-6-8-16(15)21/h5-8,13-14,17H,9-12H2,1-4H3/p+2. The fourth-order valence-electron chi connectivity index (χ4n) is 5.87. The predicted octanol–water partition coefficient (Wildman–Crippen LogP) is 0.489. The van der Waals surface area contributed by atoms with E-state index in [1.165, 1.54) is 9.80 Å². The van der Waals surface area contributed by atoms with Crippen LogP contribution in [-0.2, 0) is 4.79 Å². The number of carbonyl (C=O) groups is 1. The van der Waals surface area contributed by atoms with Crippen molar-refractivity contribution in [3.8, 4) is 0 Å². The maximum absolute atomic E-state index is 14.5. The highest BCUT2D eigenvalue weighted by atomic mass is 19.1. The zero-order valence-corrected chi connectivity index (χ0v) is 15.2. The van der Waals surface area contributed by atoms with E-state index in [0.717, 1.165) is 31.7 Å². The number of benzene rings is 1. The van der Waals surface area contributed by atoms with Gasteiger partial charge in [-0.15, -0.1) is 0 Å². The maximum Gasteiger partial charge on any atom is 0.243 e. The van der Waals surface area contributed by atoms with Crippen molar-refractivity contribution in [3.05, 3.63) is 35.6 Å². The summed E-state index contributed by atoms with van der Waals surface area (Å²) in [7, 11) is 0. The quantitative estimate of drug-likeness (QED) is 0.828. The molecule has 1 aromatic rings. The average Bonchev–Trinajstić information content (AvgIpc) is 2.52. The summed E-state index contributed by atoms with van der Waals surface area (Å²) < 4.78 is 14.5. The smallest absolute Gasteiger partial charge is 0.243 e. The Morgan fingerprint density at radius 2 is 1.42 bits per heavy atom. The van der Waals surface area contributed by atoms with E-state index in [-0.39, 0.29) is 22.8 Å². The normalized spacial score (nSPS) is 40.8. The lowest BCUT2D eigenvalue weighted by Crippen LogP contribution is -3.41. The van der Waals surface area contributed by atoms with Gasteiger partial charge in [-0.25, -0.2) is 4.39 Å². The molecule has 4 saturated heterocycles. The molecule has 5 rings (SSSR count). The first-order valence-corrected chi connectivity index (χ1v) is 9.30. The molecule has 4 heterocycles. The van der Waals surface area contributed by atoms with Gasteiger partial charge in [0.05, 0.1) is 0 Å². The Hall–Kier alpha value is -1.26. The zero-order chi connectivity index (χ0) is 17.3. The number of carbonyl (C=O) groups excluding carboxylic acids is 1. The molecule has 0 aromatic heterocycles. The Balaban J connectivity index is 1.81. The van der Waals surface area contributed by atoms with Crippen LogP contribution < -0.4 is 9.80 Å². The van der Waals surface area contributed by atoms with E-state index in [0.29, 0.717) is 17.6 Å². The van der Waals surface area contributed by atoms with Crippen molar-refractivity contribution in [1.29, 1.82) is 0 Å². The minimum Gasteiger partial charge on any atom is -0.297 e. The second-order valence-corrected chi connectivity index (χ2v) is 8.93. The minimum absolute atomic E-state index is 0.0986. The molecule has 130 valence electrons. The van der Waals surface area contributed by atoms with Gasteiger partial charge in [-0.2, -0.15) is 0 Å². The molecule has 0 unspecified atom stereocenters. The number of halogens is 1. The van der Waals surface area contributed by atoms with Crippen molar-refractivity contribution in [2.75, 3.05) is 26.2 Å². The number of nitrogens with one attached hydrogen (secondary N) is 2. The van der Waals surface area contributed by atoms with Crippen molar-refractivity contribution in [1.82, 2.24) is 0 Å². The predicted molar refractivity (Wildman–Crippen MR) is 90.1 cm³/mol. The van der Waals surface area contributed by atoms with E-state index >= 15 is 0 Å². The van der Waals surface area contributed by atoms with Gasteiger partial charge in [-0.1, -0.05) is 39.8 Å². The van der Waals surface area contributed by atoms with Crippen molar-refractivity contribution >= 4 is 5.78 Å². The Labute approximate surface area is 143 Å². The Bertz CT molecular complexity index is 638. The SMILES string of the molecule is CC(C)C12C[NH+]3CC(C(C)C)(C[NH+](C1)C3c1ccccc1F)C2=O. The van der Waals surface area contributed by atoms with E-state index in [1.54, 1.807) is 12.1 Å². The van der Waals surface area contributed by atoms with Gasteiger partial charge in [0.1, 0.15) is 48.4 Å². The average molecular weight is 332 g/mol. The van der Waals surface area contributed by atoms with E-state index in [1.807, 2.05) is 12.1 Å². The van der Waals surface area contributed by atoms with Gasteiger partial charge in [0.25, 0.3) is 0 Å². The third-order valence-electron chi connectivity index (χ3n) is 7.32. The van der Waals surface area contributed by atoms with Crippen LogP contribution in [0.4, 0.5) is 4.39 Å². The number of Topliss-reactive ketones (excluding diaryl/α,β-unsaturated/α-hetero) is 1. The van der Waals surface area contributed by atoms with Crippen LogP contribution in [0.2, 0.25) is 0 Å². The Morgan fingerprint density at radius 3 is 1.83 bits per heavy atom. The molecule has 4 bridgehead atoms. The van der Waals surface area contributed by atoms with Gasteiger partial charge in [0.2, 0.25) is 6.17 Å². The summed E-state index contributed by atoms with van der Waals surface area (Å²) in [5, 5.41) is 0. The lowest BCUT2D eigenvalue weighted by atomic mass is 9.53. The third-order valence-corrected chi connectivity index (χ3v) is 7.32. The molecule has 0 aliphatic carbocycles. The van der Waals surface area contributed by atoms with E-state index in [4.69, 9.17) is 0 Å². The van der Waals surface area contributed by atoms with Crippen LogP contribution >= 0.6 is 0 Å². The molecule has 1 aromatic carbocycles. The molecule has 4 heteroatoms. The van der Waals surface area contributed by atoms with E-state index in [9.17, 15) is 9.18 Å². The fraction of sp³-hybridized carbons (Fsp3) is 0.650. The van der Waals surface area contributed by atoms with Crippen LogP contribution in [0.3, 0.4) is 0 Å². The molecule has 0 saturated carbocycles. The van der Waals surface area contributed by atoms with Crippen molar-refractivity contribution in [3.63, 3.8) is 0 Å². The fourth-order valence-corrected chi connectivity index (χ4v) is 5.87. The molecule has 2 N–H and O–H groups in total. The summed E-state index contributed by atoms with van der Waals surface area (Å²) in [5.41, 5.74) is 0.368. The molecule has 0 spiro atoms. The molecule has 3 nitrogen and oxygen atoms in total. The lowest BCUT2D eigenvalue weighted by Gasteiger charge is -2.62. The molecule has 4 aliphatic rings. The largest absolute Gasteiger partial charge is 0.297 e. The summed E-state index contributed by atoms with van der Waals surface area (Å²) in [6.07, 6.45) is 0.137. The minimum atomic E-state index is -0.229. The summed E-state index contributed by atoms with van der Waals surface area (Å²) in [6, 6.07) is 7.21. The third kappa shape index (κ3) is 1.87. The van der Waals surface area contributed by atoms with Gasteiger partial charge < -0.3 is 0 Å². The van der Waals surface area contributed by atoms with Gasteiger partial charge >= 0.3 is 0 Å². The zero-order valence-electron chi connectivity index (χ0n) is 15.2. The molecule has 0 amide bonds. The van der Waals surface area contributed by atoms with Crippen LogP contribution in [0.25, 0.3) is 0 Å². The first kappa shape index (κ1) is 16.2.